The van der Waals surface area contributed by atoms with Gasteiger partial charge < -0.3 is 15.0 Å². The molecule has 0 aliphatic carbocycles. The maximum atomic E-state index is 9.84. The van der Waals surface area contributed by atoms with Gasteiger partial charge in [-0.15, -0.1) is 0 Å². The third-order valence-corrected chi connectivity index (χ3v) is 5.06. The van der Waals surface area contributed by atoms with E-state index in [1.165, 1.54) is 5.56 Å². The summed E-state index contributed by atoms with van der Waals surface area (Å²) in [5.74, 6) is 1.25. The Hall–Kier alpha value is -2.17. The summed E-state index contributed by atoms with van der Waals surface area (Å²) >= 11 is 0. The molecule has 0 fully saturated rings. The number of rotatable bonds is 7. The lowest BCUT2D eigenvalue weighted by atomic mass is 9.75. The first-order valence-corrected chi connectivity index (χ1v) is 8.80. The molecule has 1 heterocycles. The van der Waals surface area contributed by atoms with Crippen molar-refractivity contribution in [3.8, 4) is 0 Å². The smallest absolute Gasteiger partial charge is 0.123 e. The molecule has 4 heteroatoms. The number of nitrogens with one attached hydrogen (secondary N) is 1. The van der Waals surface area contributed by atoms with E-state index < -0.39 is 0 Å². The van der Waals surface area contributed by atoms with Crippen LogP contribution in [0.4, 0.5) is 0 Å². The minimum atomic E-state index is -0.194. The summed E-state index contributed by atoms with van der Waals surface area (Å²) in [6, 6.07) is 18.6. The minimum Gasteiger partial charge on any atom is -0.396 e. The largest absolute Gasteiger partial charge is 0.396 e. The molecule has 0 saturated heterocycles. The lowest BCUT2D eigenvalue weighted by Crippen LogP contribution is -2.34. The Bertz CT molecular complexity index is 824. The highest BCUT2D eigenvalue weighted by Gasteiger charge is 2.29. The Balaban J connectivity index is 1.74. The van der Waals surface area contributed by atoms with Gasteiger partial charge in [-0.1, -0.05) is 56.3 Å². The average Bonchev–Trinajstić information content (AvgIpc) is 2.95. The van der Waals surface area contributed by atoms with Crippen molar-refractivity contribution in [3.63, 3.8) is 0 Å². The molecule has 0 bridgehead atoms. The number of nitrogens with zero attached hydrogens (tertiary/aromatic N) is 2. The van der Waals surface area contributed by atoms with Crippen LogP contribution in [0.15, 0.2) is 54.6 Å². The van der Waals surface area contributed by atoms with E-state index in [0.29, 0.717) is 6.54 Å². The number of hydrogen-bond donors (Lipinski definition) is 2. The number of fused-ring (bicyclic) bond motifs is 1. The van der Waals surface area contributed by atoms with Crippen molar-refractivity contribution in [1.29, 1.82) is 0 Å². The van der Waals surface area contributed by atoms with E-state index in [-0.39, 0.29) is 17.9 Å². The summed E-state index contributed by atoms with van der Waals surface area (Å²) in [4.78, 5) is 4.72. The fourth-order valence-corrected chi connectivity index (χ4v) is 3.32. The molecule has 0 radical (unpaired) electrons. The molecule has 1 atom stereocenters. The molecule has 0 aliphatic heterocycles. The second-order valence-electron chi connectivity index (χ2n) is 7.32. The maximum absolute atomic E-state index is 9.84. The van der Waals surface area contributed by atoms with Crippen LogP contribution in [0.5, 0.6) is 0 Å². The molecule has 25 heavy (non-hydrogen) atoms. The summed E-state index contributed by atoms with van der Waals surface area (Å²) in [5, 5.41) is 13.4. The van der Waals surface area contributed by atoms with Crippen molar-refractivity contribution in [1.82, 2.24) is 14.9 Å². The molecule has 132 valence electrons. The third-order valence-electron chi connectivity index (χ3n) is 5.06. The number of para-hydroxylation sites is 2. The molecule has 4 nitrogen and oxygen atoms in total. The monoisotopic (exact) mass is 337 g/mol. The van der Waals surface area contributed by atoms with Crippen LogP contribution in [0, 0.1) is 5.41 Å². The maximum Gasteiger partial charge on any atom is 0.123 e. The van der Waals surface area contributed by atoms with Gasteiger partial charge in [0.2, 0.25) is 0 Å². The van der Waals surface area contributed by atoms with Crippen molar-refractivity contribution in [2.75, 3.05) is 13.2 Å². The molecule has 2 N–H and O–H groups in total. The lowest BCUT2D eigenvalue weighted by Gasteiger charge is -2.33. The molecule has 3 aromatic rings. The predicted octanol–water partition coefficient (Wildman–Crippen LogP) is 3.47. The number of imidazole rings is 1. The Labute approximate surface area is 149 Å². The standard InChI is InChI=1S/C21H27N3O/c1-21(2,15-25)17(16-9-5-4-6-10-16)13-22-14-20-23-18-11-7-8-12-19(18)24(20)3/h4-12,17,22,25H,13-15H2,1-3H3. The van der Waals surface area contributed by atoms with Crippen molar-refractivity contribution in [3.05, 3.63) is 66.0 Å². The topological polar surface area (TPSA) is 50.1 Å². The Morgan fingerprint density at radius 2 is 1.76 bits per heavy atom. The Kier molecular flexibility index (Phi) is 5.21. The van der Waals surface area contributed by atoms with Crippen LogP contribution in [0.2, 0.25) is 0 Å². The number of aryl methyl sites for hydroxylation is 1. The molecule has 0 amide bonds. The van der Waals surface area contributed by atoms with Gasteiger partial charge in [0, 0.05) is 26.1 Å². The number of aromatic nitrogens is 2. The zero-order valence-electron chi connectivity index (χ0n) is 15.2. The molecular formula is C21H27N3O. The summed E-state index contributed by atoms with van der Waals surface area (Å²) < 4.78 is 2.14. The SMILES string of the molecule is Cn1c(CNCC(c2ccccc2)C(C)(C)CO)nc2ccccc21. The van der Waals surface area contributed by atoms with Gasteiger partial charge in [-0.3, -0.25) is 0 Å². The van der Waals surface area contributed by atoms with E-state index >= 15 is 0 Å². The van der Waals surface area contributed by atoms with E-state index in [1.807, 2.05) is 24.3 Å². The molecule has 1 aromatic heterocycles. The first kappa shape index (κ1) is 17.6. The molecule has 2 aromatic carbocycles. The highest BCUT2D eigenvalue weighted by atomic mass is 16.3. The van der Waals surface area contributed by atoms with Crippen LogP contribution in [0.25, 0.3) is 11.0 Å². The molecule has 1 unspecified atom stereocenters. The number of benzene rings is 2. The quantitative estimate of drug-likeness (QED) is 0.694. The molecule has 0 saturated carbocycles. The van der Waals surface area contributed by atoms with Gasteiger partial charge in [0.25, 0.3) is 0 Å². The van der Waals surface area contributed by atoms with Crippen LogP contribution in [0.1, 0.15) is 31.2 Å². The number of hydrogen-bond acceptors (Lipinski definition) is 3. The molecule has 0 spiro atoms. The van der Waals surface area contributed by atoms with Gasteiger partial charge >= 0.3 is 0 Å². The number of aliphatic hydroxyl groups is 1. The highest BCUT2D eigenvalue weighted by Crippen LogP contribution is 2.34. The van der Waals surface area contributed by atoms with E-state index in [1.54, 1.807) is 0 Å². The van der Waals surface area contributed by atoms with Crippen molar-refractivity contribution in [2.45, 2.75) is 26.3 Å². The van der Waals surface area contributed by atoms with Gasteiger partial charge in [-0.25, -0.2) is 4.98 Å². The Morgan fingerprint density at radius 1 is 1.08 bits per heavy atom. The van der Waals surface area contributed by atoms with Crippen LogP contribution in [0.3, 0.4) is 0 Å². The van der Waals surface area contributed by atoms with Crippen LogP contribution in [-0.2, 0) is 13.6 Å². The molecule has 3 rings (SSSR count). The Morgan fingerprint density at radius 3 is 2.44 bits per heavy atom. The minimum absolute atomic E-state index is 0.153. The summed E-state index contributed by atoms with van der Waals surface area (Å²) in [7, 11) is 2.05. The van der Waals surface area contributed by atoms with Gasteiger partial charge in [0.15, 0.2) is 0 Å². The third kappa shape index (κ3) is 3.75. The fourth-order valence-electron chi connectivity index (χ4n) is 3.32. The van der Waals surface area contributed by atoms with E-state index in [4.69, 9.17) is 4.98 Å². The fraction of sp³-hybridized carbons (Fsp3) is 0.381. The average molecular weight is 337 g/mol. The predicted molar refractivity (Wildman–Crippen MR) is 102 cm³/mol. The second-order valence-corrected chi connectivity index (χ2v) is 7.32. The summed E-state index contributed by atoms with van der Waals surface area (Å²) in [6.45, 7) is 5.88. The lowest BCUT2D eigenvalue weighted by molar-refractivity contribution is 0.129. The molecular weight excluding hydrogens is 310 g/mol. The van der Waals surface area contributed by atoms with Crippen molar-refractivity contribution < 1.29 is 5.11 Å². The highest BCUT2D eigenvalue weighted by molar-refractivity contribution is 5.75. The van der Waals surface area contributed by atoms with Crippen molar-refractivity contribution in [2.24, 2.45) is 12.5 Å². The van der Waals surface area contributed by atoms with E-state index in [2.05, 4.69) is 61.1 Å². The first-order valence-electron chi connectivity index (χ1n) is 8.80. The van der Waals surface area contributed by atoms with Gasteiger partial charge in [0.1, 0.15) is 5.82 Å². The first-order chi connectivity index (χ1) is 12.0. The zero-order valence-corrected chi connectivity index (χ0v) is 15.2. The van der Waals surface area contributed by atoms with Crippen molar-refractivity contribution >= 4 is 11.0 Å². The van der Waals surface area contributed by atoms with E-state index in [9.17, 15) is 5.11 Å². The number of aliphatic hydroxyl groups excluding tert-OH is 1. The molecule has 0 aliphatic rings. The summed E-state index contributed by atoms with van der Waals surface area (Å²) in [5.41, 5.74) is 3.23. The normalized spacial score (nSPS) is 13.3. The van der Waals surface area contributed by atoms with Crippen LogP contribution < -0.4 is 5.32 Å². The van der Waals surface area contributed by atoms with E-state index in [0.717, 1.165) is 23.4 Å². The van der Waals surface area contributed by atoms with Gasteiger partial charge in [0.05, 0.1) is 17.6 Å². The van der Waals surface area contributed by atoms with Gasteiger partial charge in [-0.05, 0) is 23.1 Å². The zero-order chi connectivity index (χ0) is 17.9. The summed E-state index contributed by atoms with van der Waals surface area (Å²) in [6.07, 6.45) is 0. The van der Waals surface area contributed by atoms with Crippen LogP contribution in [-0.4, -0.2) is 27.8 Å². The second kappa shape index (κ2) is 7.38. The van der Waals surface area contributed by atoms with Crippen LogP contribution >= 0.6 is 0 Å². The van der Waals surface area contributed by atoms with Gasteiger partial charge in [-0.2, -0.15) is 0 Å².